The fourth-order valence-electron chi connectivity index (χ4n) is 4.71. The number of tetrazole rings is 1. The predicted molar refractivity (Wildman–Crippen MR) is 117 cm³/mol. The molecule has 9 heteroatoms. The normalized spacial score (nSPS) is 21.5. The Morgan fingerprint density at radius 3 is 2.90 bits per heavy atom. The third kappa shape index (κ3) is 4.06. The van der Waals surface area contributed by atoms with Crippen LogP contribution in [-0.2, 0) is 11.3 Å². The number of piperazine rings is 1. The lowest BCUT2D eigenvalue weighted by Crippen LogP contribution is -3.15. The van der Waals surface area contributed by atoms with Gasteiger partial charge in [0.2, 0.25) is 5.82 Å². The highest BCUT2D eigenvalue weighted by Crippen LogP contribution is 2.28. The number of thiazole rings is 1. The number of quaternary nitrogens is 1. The topological polar surface area (TPSA) is 73.4 Å². The number of nitrogens with one attached hydrogen (secondary N) is 1. The summed E-state index contributed by atoms with van der Waals surface area (Å²) in [5, 5.41) is 13.9. The number of rotatable bonds is 7. The molecule has 1 aromatic carbocycles. The van der Waals surface area contributed by atoms with Crippen LogP contribution >= 0.6 is 11.3 Å². The van der Waals surface area contributed by atoms with Gasteiger partial charge in [-0.25, -0.2) is 9.67 Å². The van der Waals surface area contributed by atoms with E-state index in [1.165, 1.54) is 4.70 Å². The van der Waals surface area contributed by atoms with E-state index in [1.54, 1.807) is 16.2 Å². The zero-order valence-corrected chi connectivity index (χ0v) is 18.4. The van der Waals surface area contributed by atoms with Gasteiger partial charge in [-0.2, -0.15) is 0 Å². The van der Waals surface area contributed by atoms with Gasteiger partial charge in [-0.15, -0.1) is 5.10 Å². The first kappa shape index (κ1) is 19.8. The van der Waals surface area contributed by atoms with Crippen molar-refractivity contribution >= 4 is 26.7 Å². The van der Waals surface area contributed by atoms with Crippen LogP contribution < -0.4 is 9.80 Å². The van der Waals surface area contributed by atoms with E-state index in [1.807, 2.05) is 4.68 Å². The summed E-state index contributed by atoms with van der Waals surface area (Å²) in [5.74, 6) is 1.02. The Labute approximate surface area is 180 Å². The van der Waals surface area contributed by atoms with E-state index < -0.39 is 0 Å². The van der Waals surface area contributed by atoms with Crippen LogP contribution in [0.5, 0.6) is 0 Å². The van der Waals surface area contributed by atoms with Crippen LogP contribution in [0.25, 0.3) is 10.2 Å². The highest BCUT2D eigenvalue weighted by molar-refractivity contribution is 7.22. The van der Waals surface area contributed by atoms with Crippen molar-refractivity contribution in [2.24, 2.45) is 0 Å². The molecule has 0 aliphatic carbocycles. The molecule has 5 rings (SSSR count). The van der Waals surface area contributed by atoms with Gasteiger partial charge in [0.05, 0.1) is 49.0 Å². The summed E-state index contributed by atoms with van der Waals surface area (Å²) in [5.41, 5.74) is 1.10. The first-order chi connectivity index (χ1) is 14.8. The minimum Gasteiger partial charge on any atom is -0.376 e. The molecular weight excluding hydrogens is 398 g/mol. The van der Waals surface area contributed by atoms with E-state index in [9.17, 15) is 0 Å². The smallest absolute Gasteiger partial charge is 0.209 e. The van der Waals surface area contributed by atoms with Gasteiger partial charge in [0.15, 0.2) is 5.13 Å². The Morgan fingerprint density at radius 2 is 2.13 bits per heavy atom. The molecule has 2 aliphatic rings. The van der Waals surface area contributed by atoms with Crippen LogP contribution in [0, 0.1) is 0 Å². The number of hydrogen-bond acceptors (Lipinski definition) is 7. The second kappa shape index (κ2) is 8.95. The Morgan fingerprint density at radius 1 is 1.27 bits per heavy atom. The molecule has 3 aromatic rings. The maximum Gasteiger partial charge on any atom is 0.209 e. The monoisotopic (exact) mass is 428 g/mol. The zero-order valence-electron chi connectivity index (χ0n) is 17.5. The molecule has 2 atom stereocenters. The van der Waals surface area contributed by atoms with Crippen molar-refractivity contribution in [3.63, 3.8) is 0 Å². The zero-order chi connectivity index (χ0) is 20.3. The first-order valence-corrected chi connectivity index (χ1v) is 12.0. The number of para-hydroxylation sites is 1. The van der Waals surface area contributed by atoms with Crippen LogP contribution in [0.2, 0.25) is 0 Å². The molecule has 160 valence electrons. The largest absolute Gasteiger partial charge is 0.376 e. The molecule has 2 aromatic heterocycles. The number of benzene rings is 1. The van der Waals surface area contributed by atoms with E-state index >= 15 is 0 Å². The molecule has 0 spiro atoms. The van der Waals surface area contributed by atoms with Crippen LogP contribution in [-0.4, -0.2) is 64.1 Å². The molecule has 2 saturated heterocycles. The number of aromatic nitrogens is 5. The first-order valence-electron chi connectivity index (χ1n) is 11.1. The van der Waals surface area contributed by atoms with Gasteiger partial charge in [0, 0.05) is 13.0 Å². The van der Waals surface area contributed by atoms with Crippen molar-refractivity contribution in [2.75, 3.05) is 37.7 Å². The number of hydrogen-bond donors (Lipinski definition) is 1. The summed E-state index contributed by atoms with van der Waals surface area (Å²) in [7, 11) is 0. The minimum absolute atomic E-state index is 0.250. The molecular formula is C21H30N7OS+. The van der Waals surface area contributed by atoms with Gasteiger partial charge < -0.3 is 14.5 Å². The number of nitrogens with zero attached hydrogens (tertiary/aromatic N) is 6. The maximum atomic E-state index is 5.82. The lowest BCUT2D eigenvalue weighted by Gasteiger charge is -2.36. The van der Waals surface area contributed by atoms with Crippen LogP contribution in [0.1, 0.15) is 44.5 Å². The van der Waals surface area contributed by atoms with Gasteiger partial charge in [-0.3, -0.25) is 0 Å². The maximum absolute atomic E-state index is 5.82. The van der Waals surface area contributed by atoms with Gasteiger partial charge in [0.1, 0.15) is 6.04 Å². The Kier molecular flexibility index (Phi) is 5.92. The van der Waals surface area contributed by atoms with Gasteiger partial charge in [-0.1, -0.05) is 36.8 Å². The van der Waals surface area contributed by atoms with E-state index in [4.69, 9.17) is 9.72 Å². The van der Waals surface area contributed by atoms with Gasteiger partial charge in [-0.05, 0) is 35.4 Å². The third-order valence-electron chi connectivity index (χ3n) is 6.30. The highest BCUT2D eigenvalue weighted by atomic mass is 32.1. The summed E-state index contributed by atoms with van der Waals surface area (Å²) in [6.45, 7) is 8.07. The Hall–Kier alpha value is -2.10. The van der Waals surface area contributed by atoms with Crippen LogP contribution in [0.3, 0.4) is 0 Å². The van der Waals surface area contributed by atoms with E-state index in [2.05, 4.69) is 51.6 Å². The van der Waals surface area contributed by atoms with Crippen LogP contribution in [0.15, 0.2) is 24.3 Å². The fourth-order valence-corrected chi connectivity index (χ4v) is 5.72. The standard InChI is InChI=1S/C21H29N7OS/c1-2-6-18(20-23-24-25-28(20)15-16-7-5-14-29-16)26-10-12-27(13-11-26)21-22-17-8-3-4-9-19(17)30-21/h3-4,8-9,16,18H,2,5-7,10-15H2,1H3/p+1/t16-,18+/m1/s1. The lowest BCUT2D eigenvalue weighted by molar-refractivity contribution is -0.933. The van der Waals surface area contributed by atoms with E-state index in [0.29, 0.717) is 6.04 Å². The summed E-state index contributed by atoms with van der Waals surface area (Å²) in [6.07, 6.45) is 4.72. The molecule has 1 N–H and O–H groups in total. The van der Waals surface area contributed by atoms with Crippen LogP contribution in [0.4, 0.5) is 5.13 Å². The predicted octanol–water partition coefficient (Wildman–Crippen LogP) is 1.71. The summed E-state index contributed by atoms with van der Waals surface area (Å²) < 4.78 is 9.09. The Bertz CT molecular complexity index is 926. The van der Waals surface area contributed by atoms with E-state index in [-0.39, 0.29) is 6.10 Å². The summed E-state index contributed by atoms with van der Waals surface area (Å²) >= 11 is 1.80. The quantitative estimate of drug-likeness (QED) is 0.618. The molecule has 8 nitrogen and oxygen atoms in total. The molecule has 2 fully saturated rings. The second-order valence-corrected chi connectivity index (χ2v) is 9.31. The van der Waals surface area contributed by atoms with E-state index in [0.717, 1.165) is 81.5 Å². The van der Waals surface area contributed by atoms with Gasteiger partial charge >= 0.3 is 0 Å². The highest BCUT2D eigenvalue weighted by Gasteiger charge is 2.33. The van der Waals surface area contributed by atoms with Crippen molar-refractivity contribution in [3.05, 3.63) is 30.1 Å². The molecule has 0 amide bonds. The average molecular weight is 429 g/mol. The number of ether oxygens (including phenoxy) is 1. The van der Waals surface area contributed by atoms with Gasteiger partial charge in [0.25, 0.3) is 0 Å². The molecule has 30 heavy (non-hydrogen) atoms. The molecule has 2 aliphatic heterocycles. The van der Waals surface area contributed by atoms with Crippen molar-refractivity contribution in [2.45, 2.75) is 51.3 Å². The SMILES string of the molecule is CCC[C@@H](c1nnnn1C[C@H]1CCCO1)[NH+]1CCN(c2nc3ccccc3s2)CC1. The molecule has 0 radical (unpaired) electrons. The average Bonchev–Trinajstić information content (AvgIpc) is 3.53. The molecule has 0 unspecified atom stereocenters. The summed E-state index contributed by atoms with van der Waals surface area (Å²) in [4.78, 5) is 8.87. The molecule has 0 saturated carbocycles. The minimum atomic E-state index is 0.250. The van der Waals surface area contributed by atoms with Crippen molar-refractivity contribution in [3.8, 4) is 0 Å². The van der Waals surface area contributed by atoms with Crippen molar-refractivity contribution in [1.82, 2.24) is 25.2 Å². The fraction of sp³-hybridized carbons (Fsp3) is 0.619. The number of fused-ring (bicyclic) bond motifs is 1. The molecule has 4 heterocycles. The second-order valence-electron chi connectivity index (χ2n) is 8.30. The lowest BCUT2D eigenvalue weighted by atomic mass is 10.1. The Balaban J connectivity index is 1.28. The summed E-state index contributed by atoms with van der Waals surface area (Å²) in [6, 6.07) is 8.74. The third-order valence-corrected chi connectivity index (χ3v) is 7.40. The molecule has 0 bridgehead atoms. The van der Waals surface area contributed by atoms with Crippen molar-refractivity contribution < 1.29 is 9.64 Å². The number of anilines is 1. The van der Waals surface area contributed by atoms with Crippen molar-refractivity contribution in [1.29, 1.82) is 0 Å².